The largest absolute Gasteiger partial charge is 0.395 e. The molecule has 0 aromatic heterocycles. The van der Waals surface area contributed by atoms with Crippen LogP contribution in [0, 0.1) is 0 Å². The molecule has 1 aliphatic rings. The molecule has 0 heterocycles. The van der Waals surface area contributed by atoms with E-state index in [4.69, 9.17) is 5.11 Å². The lowest BCUT2D eigenvalue weighted by atomic mass is 10.3. The average Bonchev–Trinajstić information content (AvgIpc) is 2.64. The van der Waals surface area contributed by atoms with Crippen LogP contribution in [-0.4, -0.2) is 42.4 Å². The fourth-order valence-electron chi connectivity index (χ4n) is 1.88. The molecule has 1 saturated carbocycles. The van der Waals surface area contributed by atoms with Gasteiger partial charge in [-0.2, -0.15) is 11.8 Å². The maximum absolute atomic E-state index is 11.7. The second-order valence-corrected chi connectivity index (χ2v) is 7.95. The first kappa shape index (κ1) is 14.3. The summed E-state index contributed by atoms with van der Waals surface area (Å²) < 4.78 is 26.1. The highest BCUT2D eigenvalue weighted by Gasteiger charge is 2.30. The van der Waals surface area contributed by atoms with Crippen molar-refractivity contribution in [2.75, 3.05) is 12.4 Å². The van der Waals surface area contributed by atoms with Crippen LogP contribution in [0.5, 0.6) is 0 Å². The van der Waals surface area contributed by atoms with Gasteiger partial charge in [-0.1, -0.05) is 6.92 Å². The minimum Gasteiger partial charge on any atom is -0.395 e. The van der Waals surface area contributed by atoms with Crippen LogP contribution in [0.1, 0.15) is 33.1 Å². The summed E-state index contributed by atoms with van der Waals surface area (Å²) in [5, 5.41) is 8.73. The highest BCUT2D eigenvalue weighted by Crippen LogP contribution is 2.30. The predicted molar refractivity (Wildman–Crippen MR) is 68.2 cm³/mol. The molecule has 0 aliphatic heterocycles. The number of hydrogen-bond acceptors (Lipinski definition) is 4. The summed E-state index contributed by atoms with van der Waals surface area (Å²) in [5.41, 5.74) is 0. The fourth-order valence-corrected chi connectivity index (χ4v) is 4.13. The molecule has 4 nitrogen and oxygen atoms in total. The van der Waals surface area contributed by atoms with Gasteiger partial charge in [0.25, 0.3) is 0 Å². The van der Waals surface area contributed by atoms with Crippen molar-refractivity contribution >= 4 is 21.8 Å². The first-order valence-electron chi connectivity index (χ1n) is 5.73. The molecule has 1 rings (SSSR count). The molecule has 0 aromatic rings. The van der Waals surface area contributed by atoms with Gasteiger partial charge in [0, 0.05) is 11.3 Å². The van der Waals surface area contributed by atoms with Gasteiger partial charge in [-0.25, -0.2) is 13.1 Å². The molecule has 0 radical (unpaired) electrons. The summed E-state index contributed by atoms with van der Waals surface area (Å²) >= 11 is 1.90. The maximum atomic E-state index is 11.7. The Morgan fingerprint density at radius 2 is 2.19 bits per heavy atom. The van der Waals surface area contributed by atoms with Crippen LogP contribution in [0.4, 0.5) is 0 Å². The third kappa shape index (κ3) is 3.91. The number of sulfonamides is 1. The molecule has 96 valence electrons. The van der Waals surface area contributed by atoms with E-state index in [9.17, 15) is 8.42 Å². The van der Waals surface area contributed by atoms with Crippen molar-refractivity contribution in [3.63, 3.8) is 0 Å². The van der Waals surface area contributed by atoms with Gasteiger partial charge in [0.2, 0.25) is 10.0 Å². The molecule has 0 aromatic carbocycles. The second kappa shape index (κ2) is 6.23. The van der Waals surface area contributed by atoms with Crippen LogP contribution in [0.3, 0.4) is 0 Å². The number of thioether (sulfide) groups is 1. The van der Waals surface area contributed by atoms with E-state index < -0.39 is 15.3 Å². The molecule has 0 spiro atoms. The van der Waals surface area contributed by atoms with Gasteiger partial charge >= 0.3 is 0 Å². The van der Waals surface area contributed by atoms with Gasteiger partial charge in [-0.3, -0.25) is 0 Å². The van der Waals surface area contributed by atoms with Gasteiger partial charge in [0.15, 0.2) is 0 Å². The maximum Gasteiger partial charge on any atom is 0.216 e. The minimum atomic E-state index is -3.34. The lowest BCUT2D eigenvalue weighted by Gasteiger charge is -2.16. The van der Waals surface area contributed by atoms with E-state index in [1.54, 1.807) is 0 Å². The van der Waals surface area contributed by atoms with Crippen LogP contribution >= 0.6 is 11.8 Å². The molecular formula is C10H21NO3S2. The van der Waals surface area contributed by atoms with E-state index in [1.807, 2.05) is 11.8 Å². The van der Waals surface area contributed by atoms with Gasteiger partial charge in [0.1, 0.15) is 0 Å². The third-order valence-electron chi connectivity index (χ3n) is 2.90. The van der Waals surface area contributed by atoms with Crippen molar-refractivity contribution in [2.45, 2.75) is 49.7 Å². The molecule has 2 N–H and O–H groups in total. The highest BCUT2D eigenvalue weighted by molar-refractivity contribution is 7.99. The Labute approximate surface area is 102 Å². The Balaban J connectivity index is 2.45. The van der Waals surface area contributed by atoms with Crippen molar-refractivity contribution in [3.8, 4) is 0 Å². The first-order chi connectivity index (χ1) is 7.49. The van der Waals surface area contributed by atoms with Gasteiger partial charge in [-0.15, -0.1) is 0 Å². The number of hydrogen-bond donors (Lipinski definition) is 2. The molecule has 1 fully saturated rings. The van der Waals surface area contributed by atoms with Crippen molar-refractivity contribution < 1.29 is 13.5 Å². The normalized spacial score (nSPS) is 28.2. The Bertz CT molecular complexity index is 305. The molecule has 0 amide bonds. The summed E-state index contributed by atoms with van der Waals surface area (Å²) in [6, 6.07) is 0.0584. The third-order valence-corrected chi connectivity index (χ3v) is 6.01. The molecule has 3 unspecified atom stereocenters. The standard InChI is InChI=1S/C10H21NO3S2/c1-3-15-10-5-4-9(6-10)11-16(13,14)8(2)7-12/h8-12H,3-7H2,1-2H3. The SMILES string of the molecule is CCSC1CCC(NS(=O)(=O)C(C)CO)C1. The number of aliphatic hydroxyl groups is 1. The number of rotatable bonds is 6. The van der Waals surface area contributed by atoms with Crippen LogP contribution in [-0.2, 0) is 10.0 Å². The summed E-state index contributed by atoms with van der Waals surface area (Å²) in [6.07, 6.45) is 2.91. The Kier molecular flexibility index (Phi) is 5.56. The lowest BCUT2D eigenvalue weighted by molar-refractivity contribution is 0.294. The average molecular weight is 267 g/mol. The van der Waals surface area contributed by atoms with Crippen molar-refractivity contribution in [1.82, 2.24) is 4.72 Å². The fraction of sp³-hybridized carbons (Fsp3) is 1.00. The van der Waals surface area contributed by atoms with E-state index in [-0.39, 0.29) is 12.6 Å². The Hall–Kier alpha value is 0.220. The summed E-state index contributed by atoms with van der Waals surface area (Å²) in [6.45, 7) is 3.32. The molecule has 0 saturated heterocycles. The highest BCUT2D eigenvalue weighted by atomic mass is 32.2. The number of nitrogens with one attached hydrogen (secondary N) is 1. The lowest BCUT2D eigenvalue weighted by Crippen LogP contribution is -2.40. The molecule has 3 atom stereocenters. The smallest absolute Gasteiger partial charge is 0.216 e. The van der Waals surface area contributed by atoms with Crippen LogP contribution in [0.15, 0.2) is 0 Å². The van der Waals surface area contributed by atoms with Gasteiger partial charge in [-0.05, 0) is 31.9 Å². The molecular weight excluding hydrogens is 246 g/mol. The van der Waals surface area contributed by atoms with Gasteiger partial charge < -0.3 is 5.11 Å². The predicted octanol–water partition coefficient (Wildman–Crippen LogP) is 0.961. The summed E-state index contributed by atoms with van der Waals surface area (Å²) in [5.74, 6) is 1.08. The monoisotopic (exact) mass is 267 g/mol. The van der Waals surface area contributed by atoms with Crippen LogP contribution < -0.4 is 4.72 Å². The molecule has 16 heavy (non-hydrogen) atoms. The van der Waals surface area contributed by atoms with E-state index in [0.717, 1.165) is 25.0 Å². The first-order valence-corrected chi connectivity index (χ1v) is 8.32. The van der Waals surface area contributed by atoms with Crippen LogP contribution in [0.2, 0.25) is 0 Å². The Morgan fingerprint density at radius 1 is 1.50 bits per heavy atom. The van der Waals surface area contributed by atoms with Gasteiger partial charge in [0.05, 0.1) is 11.9 Å². The zero-order valence-corrected chi connectivity index (χ0v) is 11.5. The zero-order valence-electron chi connectivity index (χ0n) is 9.85. The minimum absolute atomic E-state index is 0.0584. The quantitative estimate of drug-likeness (QED) is 0.752. The topological polar surface area (TPSA) is 66.4 Å². The van der Waals surface area contributed by atoms with Crippen LogP contribution in [0.25, 0.3) is 0 Å². The molecule has 1 aliphatic carbocycles. The summed E-state index contributed by atoms with van der Waals surface area (Å²) in [7, 11) is -3.34. The second-order valence-electron chi connectivity index (χ2n) is 4.24. The van der Waals surface area contributed by atoms with Crippen molar-refractivity contribution in [3.05, 3.63) is 0 Å². The zero-order chi connectivity index (χ0) is 12.2. The van der Waals surface area contributed by atoms with Crippen molar-refractivity contribution in [1.29, 1.82) is 0 Å². The van der Waals surface area contributed by atoms with E-state index >= 15 is 0 Å². The number of aliphatic hydroxyl groups excluding tert-OH is 1. The van der Waals surface area contributed by atoms with E-state index in [1.165, 1.54) is 6.92 Å². The molecule has 6 heteroatoms. The Morgan fingerprint density at radius 3 is 2.75 bits per heavy atom. The van der Waals surface area contributed by atoms with E-state index in [0.29, 0.717) is 5.25 Å². The summed E-state index contributed by atoms with van der Waals surface area (Å²) in [4.78, 5) is 0. The van der Waals surface area contributed by atoms with Crippen molar-refractivity contribution in [2.24, 2.45) is 0 Å². The molecule has 0 bridgehead atoms. The van der Waals surface area contributed by atoms with E-state index in [2.05, 4.69) is 11.6 Å².